The molecule has 1 aromatic heterocycles. The van der Waals surface area contributed by atoms with Crippen LogP contribution in [0.25, 0.3) is 0 Å². The van der Waals surface area contributed by atoms with Crippen molar-refractivity contribution in [1.29, 1.82) is 0 Å². The van der Waals surface area contributed by atoms with Crippen LogP contribution < -0.4 is 0 Å². The van der Waals surface area contributed by atoms with Gasteiger partial charge in [-0.1, -0.05) is 23.7 Å². The number of benzene rings is 1. The van der Waals surface area contributed by atoms with E-state index < -0.39 is 6.10 Å². The van der Waals surface area contributed by atoms with Gasteiger partial charge in [0.05, 0.1) is 6.10 Å². The summed E-state index contributed by atoms with van der Waals surface area (Å²) in [7, 11) is 0. The monoisotopic (exact) mass is 236 g/mol. The molecular formula is C12H13ClN2O. The average molecular weight is 237 g/mol. The third-order valence-corrected chi connectivity index (χ3v) is 2.78. The molecule has 0 fully saturated rings. The van der Waals surface area contributed by atoms with E-state index in [0.29, 0.717) is 11.4 Å². The molecule has 1 atom stereocenters. The predicted molar refractivity (Wildman–Crippen MR) is 63.4 cm³/mol. The second-order valence-corrected chi connectivity index (χ2v) is 4.19. The second kappa shape index (κ2) is 4.68. The zero-order valence-corrected chi connectivity index (χ0v) is 9.70. The van der Waals surface area contributed by atoms with Gasteiger partial charge < -0.3 is 10.1 Å². The summed E-state index contributed by atoms with van der Waals surface area (Å²) in [5, 5.41) is 10.6. The van der Waals surface area contributed by atoms with Gasteiger partial charge in [0, 0.05) is 23.8 Å². The Bertz CT molecular complexity index is 468. The van der Waals surface area contributed by atoms with Crippen LogP contribution in [0, 0.1) is 6.92 Å². The van der Waals surface area contributed by atoms with Crippen LogP contribution >= 0.6 is 11.6 Å². The summed E-state index contributed by atoms with van der Waals surface area (Å²) >= 11 is 6.07. The van der Waals surface area contributed by atoms with Crippen molar-refractivity contribution < 1.29 is 5.11 Å². The summed E-state index contributed by atoms with van der Waals surface area (Å²) in [6.07, 6.45) is 3.21. The van der Waals surface area contributed by atoms with E-state index in [4.69, 9.17) is 11.6 Å². The Kier molecular flexibility index (Phi) is 3.27. The first-order chi connectivity index (χ1) is 7.66. The summed E-state index contributed by atoms with van der Waals surface area (Å²) < 4.78 is 0. The van der Waals surface area contributed by atoms with Crippen LogP contribution in [-0.2, 0) is 6.42 Å². The van der Waals surface area contributed by atoms with E-state index in [1.54, 1.807) is 12.4 Å². The number of H-pyrrole nitrogens is 1. The molecule has 0 spiro atoms. The molecule has 1 unspecified atom stereocenters. The first-order valence-electron chi connectivity index (χ1n) is 5.09. The molecule has 0 aliphatic heterocycles. The number of aromatic amines is 1. The van der Waals surface area contributed by atoms with Gasteiger partial charge in [0.15, 0.2) is 0 Å². The molecule has 1 heterocycles. The highest BCUT2D eigenvalue weighted by molar-refractivity contribution is 6.31. The Labute approximate surface area is 99.1 Å². The van der Waals surface area contributed by atoms with Gasteiger partial charge in [-0.2, -0.15) is 0 Å². The lowest BCUT2D eigenvalue weighted by atomic mass is 10.0. The Balaban J connectivity index is 2.17. The van der Waals surface area contributed by atoms with Crippen molar-refractivity contribution in [3.05, 3.63) is 52.6 Å². The fraction of sp³-hybridized carbons (Fsp3) is 0.250. The van der Waals surface area contributed by atoms with Crippen molar-refractivity contribution in [2.75, 3.05) is 0 Å². The number of nitrogens with zero attached hydrogens (tertiary/aromatic N) is 1. The highest BCUT2D eigenvalue weighted by atomic mass is 35.5. The zero-order chi connectivity index (χ0) is 11.5. The number of aliphatic hydroxyl groups excluding tert-OH is 1. The van der Waals surface area contributed by atoms with Crippen LogP contribution in [-0.4, -0.2) is 15.1 Å². The molecule has 84 valence electrons. The van der Waals surface area contributed by atoms with Crippen LogP contribution in [0.1, 0.15) is 23.1 Å². The molecule has 16 heavy (non-hydrogen) atoms. The Morgan fingerprint density at radius 3 is 2.94 bits per heavy atom. The predicted octanol–water partition coefficient (Wildman–Crippen LogP) is 2.65. The number of hydrogen-bond acceptors (Lipinski definition) is 2. The van der Waals surface area contributed by atoms with E-state index in [0.717, 1.165) is 17.0 Å². The minimum Gasteiger partial charge on any atom is -0.388 e. The maximum atomic E-state index is 10.0. The zero-order valence-electron chi connectivity index (χ0n) is 8.94. The highest BCUT2D eigenvalue weighted by Gasteiger charge is 2.13. The van der Waals surface area contributed by atoms with Gasteiger partial charge in [0.2, 0.25) is 0 Å². The molecular weight excluding hydrogens is 224 g/mol. The lowest BCUT2D eigenvalue weighted by molar-refractivity contribution is 0.176. The van der Waals surface area contributed by atoms with Gasteiger partial charge in [0.1, 0.15) is 5.82 Å². The molecule has 1 aromatic carbocycles. The molecule has 2 rings (SSSR count). The molecule has 2 aromatic rings. The van der Waals surface area contributed by atoms with E-state index in [1.165, 1.54) is 0 Å². The maximum absolute atomic E-state index is 10.0. The number of hydrogen-bond donors (Lipinski definition) is 2. The highest BCUT2D eigenvalue weighted by Crippen LogP contribution is 2.25. The van der Waals surface area contributed by atoms with Crippen molar-refractivity contribution in [2.45, 2.75) is 19.4 Å². The lowest BCUT2D eigenvalue weighted by Crippen LogP contribution is -2.04. The number of imidazole rings is 1. The summed E-state index contributed by atoms with van der Waals surface area (Å²) in [4.78, 5) is 7.02. The lowest BCUT2D eigenvalue weighted by Gasteiger charge is -2.11. The number of halogens is 1. The van der Waals surface area contributed by atoms with E-state index in [-0.39, 0.29) is 0 Å². The van der Waals surface area contributed by atoms with E-state index in [1.807, 2.05) is 25.1 Å². The van der Waals surface area contributed by atoms with Gasteiger partial charge in [-0.3, -0.25) is 0 Å². The van der Waals surface area contributed by atoms with Gasteiger partial charge in [-0.15, -0.1) is 0 Å². The van der Waals surface area contributed by atoms with E-state index >= 15 is 0 Å². The number of aryl methyl sites for hydroxylation is 1. The third-order valence-electron chi connectivity index (χ3n) is 2.46. The summed E-state index contributed by atoms with van der Waals surface area (Å²) in [5.41, 5.74) is 1.82. The average Bonchev–Trinajstić information content (AvgIpc) is 2.70. The van der Waals surface area contributed by atoms with Gasteiger partial charge >= 0.3 is 0 Å². The molecule has 0 aliphatic rings. The third kappa shape index (κ3) is 2.43. The van der Waals surface area contributed by atoms with Gasteiger partial charge in [0.25, 0.3) is 0 Å². The second-order valence-electron chi connectivity index (χ2n) is 3.78. The maximum Gasteiger partial charge on any atom is 0.108 e. The molecule has 0 aliphatic carbocycles. The summed E-state index contributed by atoms with van der Waals surface area (Å²) in [6, 6.07) is 5.64. The largest absolute Gasteiger partial charge is 0.388 e. The van der Waals surface area contributed by atoms with Crippen LogP contribution in [0.3, 0.4) is 0 Å². The van der Waals surface area contributed by atoms with Crippen molar-refractivity contribution in [1.82, 2.24) is 9.97 Å². The minimum atomic E-state index is -0.626. The smallest absolute Gasteiger partial charge is 0.108 e. The van der Waals surface area contributed by atoms with Crippen molar-refractivity contribution in [2.24, 2.45) is 0 Å². The fourth-order valence-electron chi connectivity index (χ4n) is 1.61. The first-order valence-corrected chi connectivity index (χ1v) is 5.47. The van der Waals surface area contributed by atoms with Crippen LogP contribution in [0.4, 0.5) is 0 Å². The van der Waals surface area contributed by atoms with Crippen LogP contribution in [0.2, 0.25) is 5.02 Å². The molecule has 2 N–H and O–H groups in total. The normalized spacial score (nSPS) is 12.7. The molecule has 0 bridgehead atoms. The minimum absolute atomic E-state index is 0.440. The van der Waals surface area contributed by atoms with Crippen molar-refractivity contribution in [3.8, 4) is 0 Å². The quantitative estimate of drug-likeness (QED) is 0.861. The number of nitrogens with one attached hydrogen (secondary N) is 1. The van der Waals surface area contributed by atoms with E-state index in [9.17, 15) is 5.11 Å². The SMILES string of the molecule is Cc1ccc(C(O)Cc2ncc[nH]2)c(Cl)c1. The Hall–Kier alpha value is -1.32. The molecule has 4 heteroatoms. The topological polar surface area (TPSA) is 48.9 Å². The van der Waals surface area contributed by atoms with Gasteiger partial charge in [-0.05, 0) is 24.1 Å². The molecule has 0 saturated carbocycles. The standard InChI is InChI=1S/C12H13ClN2O/c1-8-2-3-9(10(13)6-8)11(16)7-12-14-4-5-15-12/h2-6,11,16H,7H2,1H3,(H,14,15). The van der Waals surface area contributed by atoms with E-state index in [2.05, 4.69) is 9.97 Å². The van der Waals surface area contributed by atoms with Crippen LogP contribution in [0.5, 0.6) is 0 Å². The molecule has 0 saturated heterocycles. The number of aromatic nitrogens is 2. The fourth-order valence-corrected chi connectivity index (χ4v) is 1.97. The number of rotatable bonds is 3. The first kappa shape index (κ1) is 11.2. The number of aliphatic hydroxyl groups is 1. The van der Waals surface area contributed by atoms with Gasteiger partial charge in [-0.25, -0.2) is 4.98 Å². The van der Waals surface area contributed by atoms with Crippen molar-refractivity contribution in [3.63, 3.8) is 0 Å². The Morgan fingerprint density at radius 2 is 2.31 bits per heavy atom. The Morgan fingerprint density at radius 1 is 1.50 bits per heavy atom. The molecule has 0 amide bonds. The van der Waals surface area contributed by atoms with Crippen LogP contribution in [0.15, 0.2) is 30.6 Å². The molecule has 3 nitrogen and oxygen atoms in total. The van der Waals surface area contributed by atoms with Crippen molar-refractivity contribution >= 4 is 11.6 Å². The summed E-state index contributed by atoms with van der Waals surface area (Å²) in [6.45, 7) is 1.97. The molecule has 0 radical (unpaired) electrons. The summed E-state index contributed by atoms with van der Waals surface area (Å²) in [5.74, 6) is 0.754.